The van der Waals surface area contributed by atoms with E-state index in [4.69, 9.17) is 21.1 Å². The van der Waals surface area contributed by atoms with Crippen molar-refractivity contribution in [2.75, 3.05) is 33.3 Å². The standard InChI is InChI=1S/C22H29BrClFN2O2/c1-4-27(5-2)10-6-9-26-14-17-11-21(28-3)22(13-19(17)23)29-15-16-7-8-18(25)12-20(16)24/h7-8,11-13,26H,4-6,9-10,14-15H2,1-3H3. The molecule has 2 rings (SSSR count). The van der Waals surface area contributed by atoms with Crippen molar-refractivity contribution < 1.29 is 13.9 Å². The number of ether oxygens (including phenoxy) is 2. The van der Waals surface area contributed by atoms with Crippen molar-refractivity contribution in [3.63, 3.8) is 0 Å². The molecule has 7 heteroatoms. The molecule has 0 aliphatic carbocycles. The Bertz CT molecular complexity index is 788. The number of nitrogens with one attached hydrogen (secondary N) is 1. The summed E-state index contributed by atoms with van der Waals surface area (Å²) in [4.78, 5) is 2.42. The molecule has 0 aliphatic rings. The van der Waals surface area contributed by atoms with Crippen LogP contribution >= 0.6 is 27.5 Å². The molecule has 0 heterocycles. The zero-order valence-electron chi connectivity index (χ0n) is 17.2. The Labute approximate surface area is 186 Å². The predicted molar refractivity (Wildman–Crippen MR) is 121 cm³/mol. The fourth-order valence-corrected chi connectivity index (χ4v) is 3.65. The molecule has 0 spiro atoms. The average molecular weight is 488 g/mol. The highest BCUT2D eigenvalue weighted by Gasteiger charge is 2.12. The van der Waals surface area contributed by atoms with Crippen LogP contribution in [0.4, 0.5) is 4.39 Å². The van der Waals surface area contributed by atoms with Gasteiger partial charge >= 0.3 is 0 Å². The van der Waals surface area contributed by atoms with Crippen LogP contribution < -0.4 is 14.8 Å². The highest BCUT2D eigenvalue weighted by Crippen LogP contribution is 2.34. The van der Waals surface area contributed by atoms with E-state index in [2.05, 4.69) is 40.0 Å². The van der Waals surface area contributed by atoms with Gasteiger partial charge in [0.05, 0.1) is 12.1 Å². The van der Waals surface area contributed by atoms with Crippen molar-refractivity contribution in [2.24, 2.45) is 0 Å². The number of hydrogen-bond donors (Lipinski definition) is 1. The Hall–Kier alpha value is -1.34. The molecular weight excluding hydrogens is 459 g/mol. The number of nitrogens with zero attached hydrogens (tertiary/aromatic N) is 1. The van der Waals surface area contributed by atoms with E-state index in [9.17, 15) is 4.39 Å². The molecule has 0 radical (unpaired) electrons. The molecule has 2 aromatic rings. The summed E-state index contributed by atoms with van der Waals surface area (Å²) >= 11 is 9.69. The first-order chi connectivity index (χ1) is 14.0. The van der Waals surface area contributed by atoms with Crippen molar-refractivity contribution in [2.45, 2.75) is 33.4 Å². The van der Waals surface area contributed by atoms with Crippen molar-refractivity contribution in [1.29, 1.82) is 0 Å². The summed E-state index contributed by atoms with van der Waals surface area (Å²) in [5.41, 5.74) is 1.81. The summed E-state index contributed by atoms with van der Waals surface area (Å²) in [5.74, 6) is 0.879. The summed E-state index contributed by atoms with van der Waals surface area (Å²) in [7, 11) is 1.61. The fraction of sp³-hybridized carbons (Fsp3) is 0.455. The molecule has 0 aromatic heterocycles. The zero-order valence-corrected chi connectivity index (χ0v) is 19.6. The van der Waals surface area contributed by atoms with Crippen molar-refractivity contribution in [1.82, 2.24) is 10.2 Å². The molecular formula is C22H29BrClFN2O2. The second-order valence-electron chi connectivity index (χ2n) is 6.68. The molecule has 160 valence electrons. The van der Waals surface area contributed by atoms with Crippen LogP contribution in [0.3, 0.4) is 0 Å². The minimum Gasteiger partial charge on any atom is -0.493 e. The van der Waals surface area contributed by atoms with Gasteiger partial charge < -0.3 is 19.7 Å². The fourth-order valence-electron chi connectivity index (χ4n) is 2.97. The first kappa shape index (κ1) is 23.9. The Morgan fingerprint density at radius 3 is 2.52 bits per heavy atom. The molecule has 0 saturated carbocycles. The predicted octanol–water partition coefficient (Wildman–Crippen LogP) is 5.65. The van der Waals surface area contributed by atoms with E-state index in [0.29, 0.717) is 22.1 Å². The Kier molecular flexibility index (Phi) is 10.2. The maximum atomic E-state index is 13.2. The molecule has 1 N–H and O–H groups in total. The Morgan fingerprint density at radius 2 is 1.86 bits per heavy atom. The van der Waals surface area contributed by atoms with Crippen LogP contribution in [0.1, 0.15) is 31.4 Å². The van der Waals surface area contributed by atoms with Crippen LogP contribution in [0, 0.1) is 5.82 Å². The molecule has 4 nitrogen and oxygen atoms in total. The number of rotatable bonds is 12. The monoisotopic (exact) mass is 486 g/mol. The maximum absolute atomic E-state index is 13.2. The number of methoxy groups -OCH3 is 1. The van der Waals surface area contributed by atoms with Gasteiger partial charge in [0.1, 0.15) is 12.4 Å². The van der Waals surface area contributed by atoms with Gasteiger partial charge in [0, 0.05) is 16.6 Å². The summed E-state index contributed by atoms with van der Waals surface area (Å²) in [6.07, 6.45) is 1.11. The molecule has 0 atom stereocenters. The Morgan fingerprint density at radius 1 is 1.10 bits per heavy atom. The molecule has 2 aromatic carbocycles. The van der Waals surface area contributed by atoms with Crippen LogP contribution in [-0.4, -0.2) is 38.2 Å². The van der Waals surface area contributed by atoms with Crippen LogP contribution in [0.15, 0.2) is 34.8 Å². The van der Waals surface area contributed by atoms with Gasteiger partial charge in [0.15, 0.2) is 11.5 Å². The largest absolute Gasteiger partial charge is 0.493 e. The minimum absolute atomic E-state index is 0.227. The number of hydrogen-bond acceptors (Lipinski definition) is 4. The quantitative estimate of drug-likeness (QED) is 0.392. The normalized spacial score (nSPS) is 11.1. The van der Waals surface area contributed by atoms with E-state index >= 15 is 0 Å². The van der Waals surface area contributed by atoms with E-state index in [1.807, 2.05) is 12.1 Å². The third-order valence-corrected chi connectivity index (χ3v) is 5.86. The van der Waals surface area contributed by atoms with E-state index in [1.165, 1.54) is 12.1 Å². The summed E-state index contributed by atoms with van der Waals surface area (Å²) in [6, 6.07) is 8.12. The zero-order chi connectivity index (χ0) is 21.2. The number of benzene rings is 2. The van der Waals surface area contributed by atoms with Gasteiger partial charge in [0.2, 0.25) is 0 Å². The van der Waals surface area contributed by atoms with Crippen LogP contribution in [0.5, 0.6) is 11.5 Å². The highest BCUT2D eigenvalue weighted by atomic mass is 79.9. The van der Waals surface area contributed by atoms with Gasteiger partial charge in [-0.25, -0.2) is 4.39 Å². The SMILES string of the molecule is CCN(CC)CCCNCc1cc(OC)c(OCc2ccc(F)cc2Cl)cc1Br. The smallest absolute Gasteiger partial charge is 0.162 e. The molecule has 0 aliphatic heterocycles. The number of halogens is 3. The third kappa shape index (κ3) is 7.45. The first-order valence-corrected chi connectivity index (χ1v) is 11.0. The van der Waals surface area contributed by atoms with E-state index < -0.39 is 0 Å². The molecule has 0 amide bonds. The second kappa shape index (κ2) is 12.4. The Balaban J connectivity index is 1.94. The second-order valence-corrected chi connectivity index (χ2v) is 7.94. The lowest BCUT2D eigenvalue weighted by atomic mass is 10.2. The van der Waals surface area contributed by atoms with Gasteiger partial charge in [-0.1, -0.05) is 47.4 Å². The lowest BCUT2D eigenvalue weighted by molar-refractivity contribution is 0.284. The van der Waals surface area contributed by atoms with Crippen LogP contribution in [0.2, 0.25) is 5.02 Å². The van der Waals surface area contributed by atoms with Crippen LogP contribution in [0.25, 0.3) is 0 Å². The van der Waals surface area contributed by atoms with Crippen molar-refractivity contribution >= 4 is 27.5 Å². The summed E-state index contributed by atoms with van der Waals surface area (Å²) < 4.78 is 25.5. The van der Waals surface area contributed by atoms with E-state index in [-0.39, 0.29) is 12.4 Å². The van der Waals surface area contributed by atoms with Gasteiger partial charge in [-0.2, -0.15) is 0 Å². The van der Waals surface area contributed by atoms with Gasteiger partial charge in [-0.05, 0) is 62.4 Å². The van der Waals surface area contributed by atoms with Crippen molar-refractivity contribution in [3.8, 4) is 11.5 Å². The van der Waals surface area contributed by atoms with E-state index in [1.54, 1.807) is 13.2 Å². The first-order valence-electron chi connectivity index (χ1n) is 9.84. The summed E-state index contributed by atoms with van der Waals surface area (Å²) in [5, 5.41) is 3.82. The summed E-state index contributed by atoms with van der Waals surface area (Å²) in [6.45, 7) is 9.57. The molecule has 0 fully saturated rings. The highest BCUT2D eigenvalue weighted by molar-refractivity contribution is 9.10. The average Bonchev–Trinajstić information content (AvgIpc) is 2.71. The van der Waals surface area contributed by atoms with E-state index in [0.717, 1.165) is 49.2 Å². The lowest BCUT2D eigenvalue weighted by Crippen LogP contribution is -2.27. The molecule has 29 heavy (non-hydrogen) atoms. The maximum Gasteiger partial charge on any atom is 0.162 e. The minimum atomic E-state index is -0.368. The third-order valence-electron chi connectivity index (χ3n) is 4.77. The van der Waals surface area contributed by atoms with Gasteiger partial charge in [0.25, 0.3) is 0 Å². The molecule has 0 unspecified atom stereocenters. The molecule has 0 bridgehead atoms. The van der Waals surface area contributed by atoms with Crippen LogP contribution in [-0.2, 0) is 13.2 Å². The topological polar surface area (TPSA) is 33.7 Å². The van der Waals surface area contributed by atoms with Gasteiger partial charge in [-0.3, -0.25) is 0 Å². The molecule has 0 saturated heterocycles. The van der Waals surface area contributed by atoms with Crippen molar-refractivity contribution in [3.05, 3.63) is 56.8 Å². The lowest BCUT2D eigenvalue weighted by Gasteiger charge is -2.18. The van der Waals surface area contributed by atoms with Gasteiger partial charge in [-0.15, -0.1) is 0 Å².